The van der Waals surface area contributed by atoms with Crippen LogP contribution >= 0.6 is 0 Å². The second kappa shape index (κ2) is 5.11. The van der Waals surface area contributed by atoms with E-state index in [1.165, 1.54) is 10.8 Å². The van der Waals surface area contributed by atoms with Gasteiger partial charge in [0.25, 0.3) is 0 Å². The average molecular weight is 289 g/mol. The quantitative estimate of drug-likeness (QED) is 0.602. The van der Waals surface area contributed by atoms with Crippen LogP contribution in [0.5, 0.6) is 0 Å². The maximum atomic E-state index is 4.42. The molecule has 0 radical (unpaired) electrons. The highest BCUT2D eigenvalue weighted by molar-refractivity contribution is 5.91. The molecule has 4 aromatic rings. The van der Waals surface area contributed by atoms with Crippen LogP contribution in [0.1, 0.15) is 12.6 Å². The van der Waals surface area contributed by atoms with E-state index in [4.69, 9.17) is 0 Å². The van der Waals surface area contributed by atoms with Crippen molar-refractivity contribution in [2.24, 2.45) is 0 Å². The molecule has 0 bridgehead atoms. The normalized spacial score (nSPS) is 11.1. The molecule has 22 heavy (non-hydrogen) atoms. The summed E-state index contributed by atoms with van der Waals surface area (Å²) in [5.74, 6) is 0.736. The Morgan fingerprint density at radius 1 is 1.09 bits per heavy atom. The third-order valence-corrected chi connectivity index (χ3v) is 3.76. The number of pyridine rings is 2. The summed E-state index contributed by atoms with van der Waals surface area (Å²) in [5.41, 5.74) is 3.87. The van der Waals surface area contributed by atoms with E-state index in [1.54, 1.807) is 6.20 Å². The molecule has 5 nitrogen and oxygen atoms in total. The van der Waals surface area contributed by atoms with Crippen LogP contribution in [-0.4, -0.2) is 20.2 Å². The number of H-pyrrole nitrogens is 1. The predicted octanol–water partition coefficient (Wildman–Crippen LogP) is 3.81. The summed E-state index contributed by atoms with van der Waals surface area (Å²) in [7, 11) is 0. The van der Waals surface area contributed by atoms with E-state index in [2.05, 4.69) is 44.5 Å². The maximum Gasteiger partial charge on any atom is 0.178 e. The highest BCUT2D eigenvalue weighted by Gasteiger charge is 2.07. The van der Waals surface area contributed by atoms with Gasteiger partial charge in [0.2, 0.25) is 0 Å². The molecule has 0 amide bonds. The first-order chi connectivity index (χ1) is 10.8. The minimum absolute atomic E-state index is 0.736. The molecule has 2 N–H and O–H groups in total. The lowest BCUT2D eigenvalue weighted by atomic mass is 10.1. The summed E-state index contributed by atoms with van der Waals surface area (Å²) in [4.78, 5) is 8.78. The Morgan fingerprint density at radius 3 is 2.95 bits per heavy atom. The van der Waals surface area contributed by atoms with Crippen molar-refractivity contribution < 1.29 is 0 Å². The molecule has 0 aliphatic carbocycles. The molecule has 0 saturated heterocycles. The van der Waals surface area contributed by atoms with E-state index in [9.17, 15) is 0 Å². The summed E-state index contributed by atoms with van der Waals surface area (Å²) in [6.45, 7) is 2.12. The zero-order chi connectivity index (χ0) is 14.9. The molecule has 0 spiro atoms. The molecule has 0 atom stereocenters. The zero-order valence-electron chi connectivity index (χ0n) is 12.2. The fraction of sp³-hybridized carbons (Fsp3) is 0.118. The molecule has 0 aliphatic heterocycles. The predicted molar refractivity (Wildman–Crippen MR) is 88.3 cm³/mol. The van der Waals surface area contributed by atoms with Crippen LogP contribution in [0.4, 0.5) is 11.5 Å². The van der Waals surface area contributed by atoms with Gasteiger partial charge in [-0.1, -0.05) is 13.0 Å². The number of nitrogens with zero attached hydrogens (tertiary/aromatic N) is 3. The number of aromatic amines is 1. The van der Waals surface area contributed by atoms with Gasteiger partial charge in [0.1, 0.15) is 5.52 Å². The van der Waals surface area contributed by atoms with Crippen molar-refractivity contribution in [1.82, 2.24) is 20.2 Å². The second-order valence-corrected chi connectivity index (χ2v) is 5.14. The number of hydrogen-bond donors (Lipinski definition) is 2. The molecule has 0 unspecified atom stereocenters. The Balaban J connectivity index is 1.75. The lowest BCUT2D eigenvalue weighted by Gasteiger charge is -2.07. The van der Waals surface area contributed by atoms with Gasteiger partial charge < -0.3 is 5.32 Å². The fourth-order valence-electron chi connectivity index (χ4n) is 2.68. The molecule has 5 heteroatoms. The van der Waals surface area contributed by atoms with Crippen LogP contribution < -0.4 is 5.32 Å². The lowest BCUT2D eigenvalue weighted by molar-refractivity contribution is 1.06. The summed E-state index contributed by atoms with van der Waals surface area (Å²) in [5, 5.41) is 13.0. The van der Waals surface area contributed by atoms with Gasteiger partial charge in [-0.25, -0.2) is 0 Å². The molecule has 1 aromatic carbocycles. The van der Waals surface area contributed by atoms with Gasteiger partial charge in [0, 0.05) is 29.2 Å². The van der Waals surface area contributed by atoms with Gasteiger partial charge in [-0.15, -0.1) is 0 Å². The zero-order valence-corrected chi connectivity index (χ0v) is 12.2. The third kappa shape index (κ3) is 2.07. The smallest absolute Gasteiger partial charge is 0.178 e. The Morgan fingerprint density at radius 2 is 2.05 bits per heavy atom. The maximum absolute atomic E-state index is 4.42. The van der Waals surface area contributed by atoms with Gasteiger partial charge in [-0.2, -0.15) is 5.10 Å². The van der Waals surface area contributed by atoms with Gasteiger partial charge in [-0.3, -0.25) is 15.1 Å². The monoisotopic (exact) mass is 289 g/mol. The van der Waals surface area contributed by atoms with Crippen LogP contribution in [0.2, 0.25) is 0 Å². The van der Waals surface area contributed by atoms with Crippen molar-refractivity contribution in [3.63, 3.8) is 0 Å². The molecular weight excluding hydrogens is 274 g/mol. The lowest BCUT2D eigenvalue weighted by Crippen LogP contribution is -1.93. The van der Waals surface area contributed by atoms with Crippen molar-refractivity contribution in [2.45, 2.75) is 13.3 Å². The highest BCUT2D eigenvalue weighted by atomic mass is 15.2. The van der Waals surface area contributed by atoms with Crippen molar-refractivity contribution in [3.05, 3.63) is 54.5 Å². The van der Waals surface area contributed by atoms with E-state index in [1.807, 2.05) is 30.5 Å². The van der Waals surface area contributed by atoms with Crippen LogP contribution in [0.15, 0.2) is 48.8 Å². The van der Waals surface area contributed by atoms with Crippen molar-refractivity contribution in [1.29, 1.82) is 0 Å². The van der Waals surface area contributed by atoms with Crippen molar-refractivity contribution in [3.8, 4) is 0 Å². The molecule has 3 aromatic heterocycles. The molecule has 0 saturated carbocycles. The molecular formula is C17H15N5. The molecule has 3 heterocycles. The van der Waals surface area contributed by atoms with E-state index >= 15 is 0 Å². The van der Waals surface area contributed by atoms with Gasteiger partial charge in [-0.05, 0) is 42.1 Å². The van der Waals surface area contributed by atoms with E-state index in [0.717, 1.165) is 34.7 Å². The second-order valence-electron chi connectivity index (χ2n) is 5.14. The molecule has 108 valence electrons. The summed E-state index contributed by atoms with van der Waals surface area (Å²) in [6, 6.07) is 12.1. The Bertz CT molecular complexity index is 958. The van der Waals surface area contributed by atoms with Crippen LogP contribution in [0.3, 0.4) is 0 Å². The first kappa shape index (κ1) is 12.8. The Kier molecular flexibility index (Phi) is 2.96. The number of aromatic nitrogens is 4. The molecule has 0 aliphatic rings. The number of benzene rings is 1. The molecule has 4 rings (SSSR count). The first-order valence-electron chi connectivity index (χ1n) is 7.29. The Hall–Kier alpha value is -2.95. The summed E-state index contributed by atoms with van der Waals surface area (Å²) in [6.07, 6.45) is 4.55. The van der Waals surface area contributed by atoms with Crippen LogP contribution in [-0.2, 0) is 6.42 Å². The highest BCUT2D eigenvalue weighted by Crippen LogP contribution is 2.25. The topological polar surface area (TPSA) is 66.5 Å². The number of nitrogens with one attached hydrogen (secondary N) is 2. The van der Waals surface area contributed by atoms with Crippen molar-refractivity contribution in [2.75, 3.05) is 5.32 Å². The van der Waals surface area contributed by atoms with Crippen molar-refractivity contribution >= 4 is 33.3 Å². The SMILES string of the molecule is CCc1nccc2cc(Nc3n[nH]c4cccnc34)ccc12. The minimum atomic E-state index is 0.736. The Labute approximate surface area is 127 Å². The van der Waals surface area contributed by atoms with E-state index in [0.29, 0.717) is 0 Å². The van der Waals surface area contributed by atoms with Gasteiger partial charge in [0.15, 0.2) is 5.82 Å². The number of rotatable bonds is 3. The van der Waals surface area contributed by atoms with E-state index < -0.39 is 0 Å². The average Bonchev–Trinajstić information content (AvgIpc) is 2.97. The minimum Gasteiger partial charge on any atom is -0.337 e. The van der Waals surface area contributed by atoms with Gasteiger partial charge in [0.05, 0.1) is 5.52 Å². The number of anilines is 2. The number of fused-ring (bicyclic) bond motifs is 2. The van der Waals surface area contributed by atoms with Crippen LogP contribution in [0, 0.1) is 0 Å². The molecule has 0 fully saturated rings. The summed E-state index contributed by atoms with van der Waals surface area (Å²) >= 11 is 0. The first-order valence-corrected chi connectivity index (χ1v) is 7.29. The standard InChI is InChI=1S/C17H15N5/c1-2-14-13-6-5-12(10-11(13)7-9-18-14)20-17-16-15(21-22-17)4-3-8-19-16/h3-10H,2H2,1H3,(H2,20,21,22). The summed E-state index contributed by atoms with van der Waals surface area (Å²) < 4.78 is 0. The fourth-order valence-corrected chi connectivity index (χ4v) is 2.68. The third-order valence-electron chi connectivity index (χ3n) is 3.76. The largest absolute Gasteiger partial charge is 0.337 e. The number of aryl methyl sites for hydroxylation is 1. The van der Waals surface area contributed by atoms with Crippen LogP contribution in [0.25, 0.3) is 21.8 Å². The van der Waals surface area contributed by atoms with E-state index in [-0.39, 0.29) is 0 Å². The number of hydrogen-bond acceptors (Lipinski definition) is 4. The van der Waals surface area contributed by atoms with Gasteiger partial charge >= 0.3 is 0 Å².